The number of benzene rings is 1. The molecule has 1 aromatic heterocycles. The van der Waals surface area contributed by atoms with Gasteiger partial charge in [-0.3, -0.25) is 0 Å². The van der Waals surface area contributed by atoms with Crippen LogP contribution in [0.2, 0.25) is 0 Å². The predicted octanol–water partition coefficient (Wildman–Crippen LogP) is 2.89. The van der Waals surface area contributed by atoms with Crippen LogP contribution < -0.4 is 9.64 Å². The van der Waals surface area contributed by atoms with Gasteiger partial charge < -0.3 is 9.64 Å². The van der Waals surface area contributed by atoms with Gasteiger partial charge in [-0.05, 0) is 25.1 Å². The molecule has 2 heterocycles. The van der Waals surface area contributed by atoms with Crippen LogP contribution in [0.25, 0.3) is 11.3 Å². The number of hydrogen-bond donors (Lipinski definition) is 0. The van der Waals surface area contributed by atoms with Crippen LogP contribution in [0.15, 0.2) is 36.4 Å². The summed E-state index contributed by atoms with van der Waals surface area (Å²) in [5, 5.41) is 0. The van der Waals surface area contributed by atoms with E-state index in [1.54, 1.807) is 0 Å². The van der Waals surface area contributed by atoms with Crippen LogP contribution in [0.3, 0.4) is 0 Å². The van der Waals surface area contributed by atoms with Crippen molar-refractivity contribution >= 4 is 5.82 Å². The molecule has 0 bridgehead atoms. The third-order valence-electron chi connectivity index (χ3n) is 3.20. The minimum Gasteiger partial charge on any atom is -0.488 e. The lowest BCUT2D eigenvalue weighted by molar-refractivity contribution is 0.309. The fourth-order valence-electron chi connectivity index (χ4n) is 2.19. The van der Waals surface area contributed by atoms with Crippen LogP contribution in [0.4, 0.5) is 5.82 Å². The van der Waals surface area contributed by atoms with Gasteiger partial charge in [0.2, 0.25) is 0 Å². The number of fused-ring (bicyclic) bond motifs is 1. The third-order valence-corrected chi connectivity index (χ3v) is 3.20. The molecular formula is C15H16N2O. The smallest absolute Gasteiger partial charge is 0.171 e. The Morgan fingerprint density at radius 3 is 2.94 bits per heavy atom. The normalized spacial score (nSPS) is 14.0. The van der Waals surface area contributed by atoms with Crippen molar-refractivity contribution in [1.29, 1.82) is 0 Å². The van der Waals surface area contributed by atoms with E-state index in [2.05, 4.69) is 36.1 Å². The fraction of sp³-hybridized carbons (Fsp3) is 0.267. The second-order valence-electron chi connectivity index (χ2n) is 4.66. The Morgan fingerprint density at radius 1 is 1.22 bits per heavy atom. The van der Waals surface area contributed by atoms with Crippen molar-refractivity contribution in [2.75, 3.05) is 25.1 Å². The monoisotopic (exact) mass is 240 g/mol. The van der Waals surface area contributed by atoms with Gasteiger partial charge in [0.25, 0.3) is 0 Å². The highest BCUT2D eigenvalue weighted by Gasteiger charge is 2.17. The first kappa shape index (κ1) is 11.1. The molecule has 0 N–H and O–H groups in total. The van der Waals surface area contributed by atoms with E-state index in [0.717, 1.165) is 36.0 Å². The van der Waals surface area contributed by atoms with Crippen molar-refractivity contribution in [1.82, 2.24) is 4.98 Å². The molecule has 0 radical (unpaired) electrons. The van der Waals surface area contributed by atoms with Gasteiger partial charge in [-0.1, -0.05) is 23.8 Å². The number of pyridine rings is 1. The highest BCUT2D eigenvalue weighted by atomic mass is 16.5. The number of aryl methyl sites for hydroxylation is 1. The molecule has 18 heavy (non-hydrogen) atoms. The second-order valence-corrected chi connectivity index (χ2v) is 4.66. The van der Waals surface area contributed by atoms with E-state index >= 15 is 0 Å². The molecule has 0 aliphatic carbocycles. The van der Waals surface area contributed by atoms with E-state index in [1.807, 2.05) is 19.2 Å². The average Bonchev–Trinajstić information content (AvgIpc) is 2.39. The zero-order valence-corrected chi connectivity index (χ0v) is 10.7. The molecule has 3 rings (SSSR count). The molecule has 1 aliphatic rings. The molecule has 3 nitrogen and oxygen atoms in total. The Hall–Kier alpha value is -2.03. The third kappa shape index (κ3) is 1.92. The molecule has 1 aromatic carbocycles. The lowest BCUT2D eigenvalue weighted by Gasteiger charge is -2.26. The van der Waals surface area contributed by atoms with Gasteiger partial charge in [-0.25, -0.2) is 4.98 Å². The van der Waals surface area contributed by atoms with Gasteiger partial charge >= 0.3 is 0 Å². The molecule has 0 saturated heterocycles. The van der Waals surface area contributed by atoms with Gasteiger partial charge in [-0.15, -0.1) is 0 Å². The lowest BCUT2D eigenvalue weighted by Crippen LogP contribution is -2.29. The molecule has 0 amide bonds. The Kier molecular flexibility index (Phi) is 2.67. The Bertz CT molecular complexity index is 580. The lowest BCUT2D eigenvalue weighted by atomic mass is 10.1. The van der Waals surface area contributed by atoms with Gasteiger partial charge in [0.05, 0.1) is 12.2 Å². The topological polar surface area (TPSA) is 25.4 Å². The SMILES string of the molecule is Cc1cccc(-c2ccc3c(n2)N(C)CCO3)c1. The van der Waals surface area contributed by atoms with Crippen LogP contribution in [0.5, 0.6) is 5.75 Å². The molecule has 92 valence electrons. The summed E-state index contributed by atoms with van der Waals surface area (Å²) in [5.74, 6) is 1.81. The summed E-state index contributed by atoms with van der Waals surface area (Å²) < 4.78 is 5.60. The molecule has 2 aromatic rings. The summed E-state index contributed by atoms with van der Waals surface area (Å²) in [6, 6.07) is 12.4. The standard InChI is InChI=1S/C15H16N2O/c1-11-4-3-5-12(10-11)13-6-7-14-15(16-13)17(2)8-9-18-14/h3-7,10H,8-9H2,1-2H3. The van der Waals surface area contributed by atoms with Crippen LogP contribution in [0.1, 0.15) is 5.56 Å². The molecule has 0 spiro atoms. The van der Waals surface area contributed by atoms with Crippen LogP contribution in [0, 0.1) is 6.92 Å². The van der Waals surface area contributed by atoms with Gasteiger partial charge in [0.1, 0.15) is 6.61 Å². The Morgan fingerprint density at radius 2 is 2.11 bits per heavy atom. The number of rotatable bonds is 1. The number of hydrogen-bond acceptors (Lipinski definition) is 3. The quantitative estimate of drug-likeness (QED) is 0.766. The fourth-order valence-corrected chi connectivity index (χ4v) is 2.19. The summed E-state index contributed by atoms with van der Waals surface area (Å²) >= 11 is 0. The van der Waals surface area contributed by atoms with Crippen molar-refractivity contribution in [2.24, 2.45) is 0 Å². The summed E-state index contributed by atoms with van der Waals surface area (Å²) in [6.45, 7) is 3.71. The molecule has 0 fully saturated rings. The number of likely N-dealkylation sites (N-methyl/N-ethyl adjacent to an activating group) is 1. The maximum Gasteiger partial charge on any atom is 0.171 e. The summed E-state index contributed by atoms with van der Waals surface area (Å²) in [6.07, 6.45) is 0. The molecule has 3 heteroatoms. The van der Waals surface area contributed by atoms with E-state index in [-0.39, 0.29) is 0 Å². The molecule has 1 aliphatic heterocycles. The maximum absolute atomic E-state index is 5.60. The predicted molar refractivity (Wildman–Crippen MR) is 73.2 cm³/mol. The number of nitrogens with zero attached hydrogens (tertiary/aromatic N) is 2. The summed E-state index contributed by atoms with van der Waals surface area (Å²) in [4.78, 5) is 6.84. The molecule has 0 atom stereocenters. The number of ether oxygens (including phenoxy) is 1. The van der Waals surface area contributed by atoms with Crippen molar-refractivity contribution in [3.05, 3.63) is 42.0 Å². The highest BCUT2D eigenvalue weighted by Crippen LogP contribution is 2.31. The zero-order valence-electron chi connectivity index (χ0n) is 10.7. The summed E-state index contributed by atoms with van der Waals surface area (Å²) in [7, 11) is 2.05. The van der Waals surface area contributed by atoms with E-state index in [9.17, 15) is 0 Å². The largest absolute Gasteiger partial charge is 0.488 e. The van der Waals surface area contributed by atoms with Crippen LogP contribution >= 0.6 is 0 Å². The van der Waals surface area contributed by atoms with Gasteiger partial charge in [0.15, 0.2) is 11.6 Å². The molecule has 0 unspecified atom stereocenters. The molecule has 0 saturated carbocycles. The van der Waals surface area contributed by atoms with Gasteiger partial charge in [-0.2, -0.15) is 0 Å². The van der Waals surface area contributed by atoms with E-state index in [4.69, 9.17) is 9.72 Å². The van der Waals surface area contributed by atoms with Crippen molar-refractivity contribution < 1.29 is 4.74 Å². The van der Waals surface area contributed by atoms with Gasteiger partial charge in [0, 0.05) is 12.6 Å². The van der Waals surface area contributed by atoms with Crippen LogP contribution in [-0.4, -0.2) is 25.2 Å². The Balaban J connectivity index is 2.06. The average molecular weight is 240 g/mol. The number of anilines is 1. The zero-order chi connectivity index (χ0) is 12.5. The highest BCUT2D eigenvalue weighted by molar-refractivity contribution is 5.66. The van der Waals surface area contributed by atoms with E-state index in [1.165, 1.54) is 5.56 Å². The Labute approximate surface area is 107 Å². The van der Waals surface area contributed by atoms with E-state index < -0.39 is 0 Å². The summed E-state index contributed by atoms with van der Waals surface area (Å²) in [5.41, 5.74) is 3.39. The molecular weight excluding hydrogens is 224 g/mol. The van der Waals surface area contributed by atoms with Crippen molar-refractivity contribution in [3.63, 3.8) is 0 Å². The first-order valence-electron chi connectivity index (χ1n) is 6.16. The first-order chi connectivity index (χ1) is 8.74. The first-order valence-corrected chi connectivity index (χ1v) is 6.16. The maximum atomic E-state index is 5.60. The minimum absolute atomic E-state index is 0.731. The van der Waals surface area contributed by atoms with Crippen molar-refractivity contribution in [2.45, 2.75) is 6.92 Å². The second kappa shape index (κ2) is 4.33. The van der Waals surface area contributed by atoms with Crippen LogP contribution in [-0.2, 0) is 0 Å². The minimum atomic E-state index is 0.731. The number of aromatic nitrogens is 1. The van der Waals surface area contributed by atoms with Crippen molar-refractivity contribution in [3.8, 4) is 17.0 Å². The van der Waals surface area contributed by atoms with E-state index in [0.29, 0.717) is 0 Å².